The Morgan fingerprint density at radius 2 is 1.25 bits per heavy atom. The highest BCUT2D eigenvalue weighted by molar-refractivity contribution is 4.84. The first kappa shape index (κ1) is 16.0. The summed E-state index contributed by atoms with van der Waals surface area (Å²) in [5, 5.41) is 0. The van der Waals surface area contributed by atoms with Crippen LogP contribution in [0.1, 0.15) is 80.6 Å². The van der Waals surface area contributed by atoms with Crippen LogP contribution in [0.2, 0.25) is 0 Å². The summed E-state index contributed by atoms with van der Waals surface area (Å²) in [4.78, 5) is 0. The van der Waals surface area contributed by atoms with Crippen LogP contribution in [0.5, 0.6) is 0 Å². The fraction of sp³-hybridized carbons (Fsp3) is 1.00. The minimum Gasteiger partial charge on any atom is -0.0651 e. The average Bonchev–Trinajstić information content (AvgIpc) is 2.33. The second-order valence-corrected chi connectivity index (χ2v) is 5.95. The first-order chi connectivity index (χ1) is 7.47. The van der Waals surface area contributed by atoms with Gasteiger partial charge in [-0.15, -0.1) is 0 Å². The van der Waals surface area contributed by atoms with Gasteiger partial charge in [-0.3, -0.25) is 0 Å². The van der Waals surface area contributed by atoms with E-state index < -0.39 is 0 Å². The topological polar surface area (TPSA) is 0 Å². The molecule has 0 nitrogen and oxygen atoms in total. The lowest BCUT2D eigenvalue weighted by Crippen LogP contribution is -2.31. The molecule has 0 fully saturated rings. The average molecular weight is 226 g/mol. The van der Waals surface area contributed by atoms with Crippen molar-refractivity contribution in [2.75, 3.05) is 0 Å². The van der Waals surface area contributed by atoms with Crippen LogP contribution < -0.4 is 0 Å². The van der Waals surface area contributed by atoms with Gasteiger partial charge in [0, 0.05) is 0 Å². The predicted molar refractivity (Wildman–Crippen MR) is 75.7 cm³/mol. The summed E-state index contributed by atoms with van der Waals surface area (Å²) >= 11 is 0. The van der Waals surface area contributed by atoms with Gasteiger partial charge >= 0.3 is 0 Å². The van der Waals surface area contributed by atoms with Crippen molar-refractivity contribution in [2.24, 2.45) is 23.2 Å². The normalized spacial score (nSPS) is 18.2. The minimum atomic E-state index is 0.595. The van der Waals surface area contributed by atoms with Crippen LogP contribution in [0, 0.1) is 23.2 Å². The zero-order chi connectivity index (χ0) is 12.8. The van der Waals surface area contributed by atoms with Crippen molar-refractivity contribution in [1.82, 2.24) is 0 Å². The van der Waals surface area contributed by atoms with Crippen molar-refractivity contribution < 1.29 is 0 Å². The van der Waals surface area contributed by atoms with Gasteiger partial charge in [0.05, 0.1) is 0 Å². The van der Waals surface area contributed by atoms with E-state index in [0.29, 0.717) is 5.41 Å². The highest BCUT2D eigenvalue weighted by Crippen LogP contribution is 2.44. The van der Waals surface area contributed by atoms with Crippen molar-refractivity contribution in [3.63, 3.8) is 0 Å². The molecule has 0 N–H and O–H groups in total. The summed E-state index contributed by atoms with van der Waals surface area (Å²) in [7, 11) is 0. The van der Waals surface area contributed by atoms with Crippen molar-refractivity contribution in [1.29, 1.82) is 0 Å². The van der Waals surface area contributed by atoms with Crippen LogP contribution in [0.4, 0.5) is 0 Å². The molecule has 0 aliphatic rings. The quantitative estimate of drug-likeness (QED) is 0.482. The molecule has 0 spiro atoms. The van der Waals surface area contributed by atoms with E-state index >= 15 is 0 Å². The molecule has 0 aliphatic heterocycles. The molecule has 0 aromatic heterocycles. The lowest BCUT2D eigenvalue weighted by Gasteiger charge is -2.41. The maximum absolute atomic E-state index is 2.45. The monoisotopic (exact) mass is 226 g/mol. The van der Waals surface area contributed by atoms with Crippen molar-refractivity contribution in [2.45, 2.75) is 80.6 Å². The maximum Gasteiger partial charge on any atom is -0.0274 e. The largest absolute Gasteiger partial charge is 0.0651 e. The summed E-state index contributed by atoms with van der Waals surface area (Å²) in [5.41, 5.74) is 0.595. The van der Waals surface area contributed by atoms with Crippen LogP contribution in [-0.4, -0.2) is 0 Å². The highest BCUT2D eigenvalue weighted by atomic mass is 14.4. The van der Waals surface area contributed by atoms with E-state index in [0.717, 1.165) is 17.8 Å². The molecule has 98 valence electrons. The van der Waals surface area contributed by atoms with Gasteiger partial charge in [-0.1, -0.05) is 74.1 Å². The molecule has 16 heavy (non-hydrogen) atoms. The van der Waals surface area contributed by atoms with Gasteiger partial charge in [0.2, 0.25) is 0 Å². The van der Waals surface area contributed by atoms with Crippen molar-refractivity contribution in [3.05, 3.63) is 0 Å². The Balaban J connectivity index is 4.66. The highest BCUT2D eigenvalue weighted by Gasteiger charge is 2.33. The van der Waals surface area contributed by atoms with Gasteiger partial charge < -0.3 is 0 Å². The van der Waals surface area contributed by atoms with Crippen LogP contribution in [0.3, 0.4) is 0 Å². The Hall–Kier alpha value is 0. The van der Waals surface area contributed by atoms with Crippen LogP contribution in [0.25, 0.3) is 0 Å². The molecule has 0 saturated carbocycles. The molecule has 0 heterocycles. The lowest BCUT2D eigenvalue weighted by atomic mass is 9.65. The smallest absolute Gasteiger partial charge is 0.0274 e. The standard InChI is InChI=1S/C16H34/c1-8-13(5)14(6)12-16(10-3,11-4)15(7)9-2/h13-15H,8-12H2,1-7H3. The third kappa shape index (κ3) is 3.79. The fourth-order valence-electron chi connectivity index (χ4n) is 3.11. The summed E-state index contributed by atoms with van der Waals surface area (Å²) in [6.45, 7) is 16.8. The van der Waals surface area contributed by atoms with Crippen LogP contribution in [0.15, 0.2) is 0 Å². The second kappa shape index (κ2) is 7.35. The molecular formula is C16H34. The SMILES string of the molecule is CCC(C)C(C)CC(CC)(CC)C(C)CC. The van der Waals surface area contributed by atoms with E-state index in [9.17, 15) is 0 Å². The first-order valence-electron chi connectivity index (χ1n) is 7.47. The van der Waals surface area contributed by atoms with E-state index in [4.69, 9.17) is 0 Å². The minimum absolute atomic E-state index is 0.595. The van der Waals surface area contributed by atoms with Gasteiger partial charge in [0.1, 0.15) is 0 Å². The van der Waals surface area contributed by atoms with Crippen molar-refractivity contribution >= 4 is 0 Å². The molecule has 0 aliphatic carbocycles. The Bertz CT molecular complexity index is 167. The Kier molecular flexibility index (Phi) is 7.35. The van der Waals surface area contributed by atoms with Gasteiger partial charge in [0.25, 0.3) is 0 Å². The molecule has 0 bridgehead atoms. The third-order valence-corrected chi connectivity index (χ3v) is 5.41. The second-order valence-electron chi connectivity index (χ2n) is 5.95. The molecule has 0 aromatic rings. The predicted octanol–water partition coefficient (Wildman–Crippen LogP) is 5.91. The maximum atomic E-state index is 2.45. The lowest BCUT2D eigenvalue weighted by molar-refractivity contribution is 0.0966. The van der Waals surface area contributed by atoms with E-state index in [1.54, 1.807) is 0 Å². The number of hydrogen-bond donors (Lipinski definition) is 0. The van der Waals surface area contributed by atoms with Gasteiger partial charge in [0.15, 0.2) is 0 Å². The molecule has 0 aromatic carbocycles. The summed E-state index contributed by atoms with van der Waals surface area (Å²) in [6.07, 6.45) is 6.77. The first-order valence-corrected chi connectivity index (χ1v) is 7.47. The van der Waals surface area contributed by atoms with E-state index in [1.807, 2.05) is 0 Å². The van der Waals surface area contributed by atoms with Gasteiger partial charge in [-0.05, 0) is 29.6 Å². The fourth-order valence-corrected chi connectivity index (χ4v) is 3.11. The van der Waals surface area contributed by atoms with E-state index in [2.05, 4.69) is 48.5 Å². The van der Waals surface area contributed by atoms with Crippen LogP contribution in [-0.2, 0) is 0 Å². The Morgan fingerprint density at radius 1 is 0.750 bits per heavy atom. The van der Waals surface area contributed by atoms with Gasteiger partial charge in [-0.25, -0.2) is 0 Å². The van der Waals surface area contributed by atoms with E-state index in [-0.39, 0.29) is 0 Å². The zero-order valence-corrected chi connectivity index (χ0v) is 12.8. The molecule has 0 amide bonds. The summed E-state index contributed by atoms with van der Waals surface area (Å²) in [6, 6.07) is 0. The molecule has 3 atom stereocenters. The molecule has 0 radical (unpaired) electrons. The molecule has 0 saturated heterocycles. The van der Waals surface area contributed by atoms with E-state index in [1.165, 1.54) is 32.1 Å². The molecule has 3 unspecified atom stereocenters. The zero-order valence-electron chi connectivity index (χ0n) is 12.8. The number of rotatable bonds is 8. The van der Waals surface area contributed by atoms with Crippen LogP contribution >= 0.6 is 0 Å². The Morgan fingerprint density at radius 3 is 1.56 bits per heavy atom. The summed E-state index contributed by atoms with van der Waals surface area (Å²) in [5.74, 6) is 2.62. The molecule has 0 rings (SSSR count). The Labute approximate surface area is 104 Å². The third-order valence-electron chi connectivity index (χ3n) is 5.41. The molecular weight excluding hydrogens is 192 g/mol. The van der Waals surface area contributed by atoms with Gasteiger partial charge in [-0.2, -0.15) is 0 Å². The summed E-state index contributed by atoms with van der Waals surface area (Å²) < 4.78 is 0. The number of hydrogen-bond acceptors (Lipinski definition) is 0. The van der Waals surface area contributed by atoms with Crippen molar-refractivity contribution in [3.8, 4) is 0 Å². The molecule has 0 heteroatoms.